The van der Waals surface area contributed by atoms with Gasteiger partial charge in [0.2, 0.25) is 0 Å². The van der Waals surface area contributed by atoms with Gasteiger partial charge in [-0.25, -0.2) is 0 Å². The Labute approximate surface area is 155 Å². The minimum Gasteiger partial charge on any atom is -0.504 e. The molecule has 2 heterocycles. The van der Waals surface area contributed by atoms with Crippen molar-refractivity contribution in [3.63, 3.8) is 0 Å². The Morgan fingerprint density at radius 1 is 1.00 bits per heavy atom. The molecule has 4 rings (SSSR count). The van der Waals surface area contributed by atoms with E-state index in [1.165, 1.54) is 63.9 Å². The summed E-state index contributed by atoms with van der Waals surface area (Å²) in [7, 11) is 0. The summed E-state index contributed by atoms with van der Waals surface area (Å²) in [4.78, 5) is 7.07. The second-order valence-electron chi connectivity index (χ2n) is 7.42. The number of phenolic OH excluding ortho intramolecular Hbond substituents is 2. The van der Waals surface area contributed by atoms with Crippen LogP contribution in [0.25, 0.3) is 10.9 Å². The molecule has 1 aromatic heterocycles. The molecule has 0 saturated carbocycles. The predicted octanol–water partition coefficient (Wildman–Crippen LogP) is 3.99. The fourth-order valence-corrected chi connectivity index (χ4v) is 4.00. The van der Waals surface area contributed by atoms with Crippen LogP contribution in [0.1, 0.15) is 56.7 Å². The van der Waals surface area contributed by atoms with E-state index in [4.69, 9.17) is 5.73 Å². The molecule has 142 valence electrons. The van der Waals surface area contributed by atoms with Crippen LogP contribution in [0, 0.1) is 0 Å². The van der Waals surface area contributed by atoms with Crippen LogP contribution in [0.3, 0.4) is 0 Å². The molecule has 0 bridgehead atoms. The van der Waals surface area contributed by atoms with Crippen molar-refractivity contribution >= 4 is 16.6 Å². The van der Waals surface area contributed by atoms with E-state index in [0.717, 1.165) is 35.9 Å². The molecule has 1 aromatic carbocycles. The van der Waals surface area contributed by atoms with Gasteiger partial charge in [0.05, 0.1) is 5.52 Å². The lowest BCUT2D eigenvalue weighted by Gasteiger charge is -2.17. The highest BCUT2D eigenvalue weighted by Crippen LogP contribution is 2.36. The van der Waals surface area contributed by atoms with Gasteiger partial charge < -0.3 is 20.8 Å². The molecule has 5 nitrogen and oxygen atoms in total. The van der Waals surface area contributed by atoms with Crippen LogP contribution in [0.2, 0.25) is 0 Å². The van der Waals surface area contributed by atoms with Crippen LogP contribution in [0.5, 0.6) is 11.5 Å². The number of fused-ring (bicyclic) bond motifs is 2. The average molecular weight is 357 g/mol. The monoisotopic (exact) mass is 357 g/mol. The lowest BCUT2D eigenvalue weighted by atomic mass is 10.1. The van der Waals surface area contributed by atoms with Gasteiger partial charge in [-0.2, -0.15) is 0 Å². The normalized spacial score (nSPS) is 17.4. The average Bonchev–Trinajstić information content (AvgIpc) is 2.94. The first-order valence-electron chi connectivity index (χ1n) is 9.95. The van der Waals surface area contributed by atoms with E-state index in [-0.39, 0.29) is 11.5 Å². The first-order valence-corrected chi connectivity index (χ1v) is 9.95. The molecule has 0 radical (unpaired) electrons. The Balaban J connectivity index is 0.000000170. The molecule has 5 heteroatoms. The van der Waals surface area contributed by atoms with E-state index >= 15 is 0 Å². The number of aromatic nitrogens is 1. The lowest BCUT2D eigenvalue weighted by Crippen LogP contribution is -2.25. The van der Waals surface area contributed by atoms with Crippen LogP contribution in [0.15, 0.2) is 12.1 Å². The summed E-state index contributed by atoms with van der Waals surface area (Å²) in [5.41, 5.74) is 9.51. The zero-order valence-corrected chi connectivity index (χ0v) is 15.8. The second-order valence-corrected chi connectivity index (χ2v) is 7.42. The van der Waals surface area contributed by atoms with E-state index in [2.05, 4.69) is 16.8 Å². The summed E-state index contributed by atoms with van der Waals surface area (Å²) in [6.45, 7) is 6.30. The summed E-state index contributed by atoms with van der Waals surface area (Å²) in [5.74, 6) is -0.309. The number of aryl methyl sites for hydroxylation is 1. The van der Waals surface area contributed by atoms with Crippen LogP contribution in [-0.4, -0.2) is 39.7 Å². The van der Waals surface area contributed by atoms with Gasteiger partial charge in [-0.3, -0.25) is 4.98 Å². The van der Waals surface area contributed by atoms with Gasteiger partial charge in [-0.05, 0) is 69.8 Å². The van der Waals surface area contributed by atoms with Gasteiger partial charge >= 0.3 is 0 Å². The molecule has 2 aromatic rings. The number of benzene rings is 1. The molecule has 0 amide bonds. The first kappa shape index (κ1) is 18.8. The third-order valence-electron chi connectivity index (χ3n) is 5.39. The highest BCUT2D eigenvalue weighted by Gasteiger charge is 2.18. The molecule has 0 spiro atoms. The highest BCUT2D eigenvalue weighted by atomic mass is 16.3. The summed E-state index contributed by atoms with van der Waals surface area (Å²) in [6.07, 6.45) is 10.1. The van der Waals surface area contributed by atoms with E-state index in [1.807, 2.05) is 0 Å². The third-order valence-corrected chi connectivity index (χ3v) is 5.39. The Bertz CT molecular complexity index is 753. The number of pyridine rings is 1. The zero-order valence-electron chi connectivity index (χ0n) is 15.8. The van der Waals surface area contributed by atoms with Crippen molar-refractivity contribution in [3.8, 4) is 11.5 Å². The number of aromatic hydroxyl groups is 2. The maximum absolute atomic E-state index is 9.46. The van der Waals surface area contributed by atoms with Crippen LogP contribution >= 0.6 is 0 Å². The van der Waals surface area contributed by atoms with Crippen LogP contribution < -0.4 is 5.73 Å². The molecule has 1 aliphatic heterocycles. The standard InChI is InChI=1S/C12H12N2O2.C9H19N/c13-12-6-2-1-3-8(6)14-9-5-11(16)10(15)4-7(9)12;1-2-7-10-8-5-3-4-6-9-10/h4-5,15-16H,1-3H2,(H2,13,14);2-9H2,1H3. The largest absolute Gasteiger partial charge is 0.504 e. The fourth-order valence-electron chi connectivity index (χ4n) is 4.00. The predicted molar refractivity (Wildman–Crippen MR) is 107 cm³/mol. The minimum absolute atomic E-state index is 0.154. The van der Waals surface area contributed by atoms with E-state index in [9.17, 15) is 10.2 Å². The van der Waals surface area contributed by atoms with Gasteiger partial charge in [0.1, 0.15) is 0 Å². The number of rotatable bonds is 2. The number of nitrogen functional groups attached to an aromatic ring is 1. The Morgan fingerprint density at radius 2 is 1.69 bits per heavy atom. The van der Waals surface area contributed by atoms with Crippen molar-refractivity contribution in [3.05, 3.63) is 23.4 Å². The fraction of sp³-hybridized carbons (Fsp3) is 0.571. The maximum atomic E-state index is 9.46. The Morgan fingerprint density at radius 3 is 2.38 bits per heavy atom. The van der Waals surface area contributed by atoms with Gasteiger partial charge in [-0.1, -0.05) is 19.8 Å². The first-order chi connectivity index (χ1) is 12.6. The lowest BCUT2D eigenvalue weighted by molar-refractivity contribution is 0.286. The summed E-state index contributed by atoms with van der Waals surface area (Å²) in [6, 6.07) is 2.94. The summed E-state index contributed by atoms with van der Waals surface area (Å²) in [5, 5.41) is 19.6. The molecule has 4 N–H and O–H groups in total. The van der Waals surface area contributed by atoms with E-state index < -0.39 is 0 Å². The van der Waals surface area contributed by atoms with Crippen LogP contribution in [-0.2, 0) is 12.8 Å². The van der Waals surface area contributed by atoms with Crippen LogP contribution in [0.4, 0.5) is 5.69 Å². The number of anilines is 1. The summed E-state index contributed by atoms with van der Waals surface area (Å²) >= 11 is 0. The van der Waals surface area contributed by atoms with Crippen molar-refractivity contribution in [2.45, 2.75) is 58.3 Å². The molecule has 1 aliphatic carbocycles. The van der Waals surface area contributed by atoms with E-state index in [1.54, 1.807) is 0 Å². The topological polar surface area (TPSA) is 82.6 Å². The Kier molecular flexibility index (Phi) is 6.20. The SMILES string of the molecule is CCCN1CCCCCC1.Nc1c2c(nc3cc(O)c(O)cc13)CCC2. The van der Waals surface area contributed by atoms with Crippen molar-refractivity contribution in [1.29, 1.82) is 0 Å². The van der Waals surface area contributed by atoms with Crippen molar-refractivity contribution in [1.82, 2.24) is 9.88 Å². The smallest absolute Gasteiger partial charge is 0.159 e. The molecule has 1 fully saturated rings. The van der Waals surface area contributed by atoms with Gasteiger partial charge in [0.15, 0.2) is 11.5 Å². The highest BCUT2D eigenvalue weighted by molar-refractivity contribution is 5.94. The van der Waals surface area contributed by atoms with Crippen molar-refractivity contribution < 1.29 is 10.2 Å². The molecule has 0 atom stereocenters. The number of nitrogens with two attached hydrogens (primary N) is 1. The Hall–Kier alpha value is -2.01. The van der Waals surface area contributed by atoms with Gasteiger partial charge in [0, 0.05) is 22.8 Å². The maximum Gasteiger partial charge on any atom is 0.159 e. The second kappa shape index (κ2) is 8.58. The molecular weight excluding hydrogens is 326 g/mol. The number of hydrogen-bond donors (Lipinski definition) is 3. The van der Waals surface area contributed by atoms with E-state index in [0.29, 0.717) is 11.2 Å². The quantitative estimate of drug-likeness (QED) is 0.708. The van der Waals surface area contributed by atoms with Crippen molar-refractivity contribution in [2.24, 2.45) is 0 Å². The molecular formula is C21H31N3O2. The van der Waals surface area contributed by atoms with Gasteiger partial charge in [0.25, 0.3) is 0 Å². The molecule has 0 unspecified atom stereocenters. The molecule has 2 aliphatic rings. The number of phenols is 2. The number of nitrogens with zero attached hydrogens (tertiary/aromatic N) is 2. The summed E-state index contributed by atoms with van der Waals surface area (Å²) < 4.78 is 0. The van der Waals surface area contributed by atoms with Gasteiger partial charge in [-0.15, -0.1) is 0 Å². The third kappa shape index (κ3) is 4.21. The zero-order chi connectivity index (χ0) is 18.5. The molecule has 1 saturated heterocycles. The number of hydrogen-bond acceptors (Lipinski definition) is 5. The number of likely N-dealkylation sites (tertiary alicyclic amines) is 1. The minimum atomic E-state index is -0.155. The molecule has 26 heavy (non-hydrogen) atoms. The van der Waals surface area contributed by atoms with Crippen molar-refractivity contribution in [2.75, 3.05) is 25.4 Å².